The molecule has 0 radical (unpaired) electrons. The molecule has 4 nitrogen and oxygen atoms in total. The third kappa shape index (κ3) is 10.3. The van der Waals surface area contributed by atoms with E-state index in [-0.39, 0.29) is 17.0 Å². The first-order valence-electron chi connectivity index (χ1n) is 11.5. The highest BCUT2D eigenvalue weighted by molar-refractivity contribution is 8.15. The van der Waals surface area contributed by atoms with E-state index in [1.165, 1.54) is 38.5 Å². The largest absolute Gasteiger partial charge is 0.286 e. The molecule has 0 aromatic heterocycles. The van der Waals surface area contributed by atoms with Crippen LogP contribution in [0.5, 0.6) is 0 Å². The lowest BCUT2D eigenvalue weighted by Crippen LogP contribution is -2.23. The number of nitrogens with one attached hydrogen (secondary N) is 1. The molecule has 0 aliphatic carbocycles. The zero-order valence-electron chi connectivity index (χ0n) is 19.5. The number of benzene rings is 1. The van der Waals surface area contributed by atoms with Crippen LogP contribution in [0.15, 0.2) is 18.2 Å². The van der Waals surface area contributed by atoms with E-state index in [2.05, 4.69) is 11.6 Å². The van der Waals surface area contributed by atoms with Crippen LogP contribution in [-0.4, -0.2) is 25.0 Å². The van der Waals surface area contributed by atoms with Crippen molar-refractivity contribution >= 4 is 32.6 Å². The Bertz CT molecular complexity index is 717. The van der Waals surface area contributed by atoms with Crippen molar-refractivity contribution < 1.29 is 13.2 Å². The summed E-state index contributed by atoms with van der Waals surface area (Å²) in [6, 6.07) is 5.87. The van der Waals surface area contributed by atoms with E-state index in [1.54, 1.807) is 0 Å². The highest BCUT2D eigenvalue weighted by atomic mass is 32.2. The number of carbonyl (C=O) groups excluding carboxylic acids is 1. The maximum Gasteiger partial charge on any atom is 0.240 e. The Labute approximate surface area is 189 Å². The molecule has 6 heteroatoms. The van der Waals surface area contributed by atoms with Gasteiger partial charge in [0.25, 0.3) is 0 Å². The predicted octanol–water partition coefficient (Wildman–Crippen LogP) is 7.08. The Kier molecular flexibility index (Phi) is 12.7. The molecule has 1 N–H and O–H groups in total. The second kappa shape index (κ2) is 14.1. The molecule has 0 spiro atoms. The molecule has 1 aromatic carbocycles. The van der Waals surface area contributed by atoms with E-state index in [0.29, 0.717) is 11.4 Å². The minimum Gasteiger partial charge on any atom is -0.286 e. The second-order valence-electron chi connectivity index (χ2n) is 8.68. The van der Waals surface area contributed by atoms with Crippen molar-refractivity contribution in [3.8, 4) is 0 Å². The lowest BCUT2D eigenvalue weighted by molar-refractivity contribution is -0.108. The van der Waals surface area contributed by atoms with Crippen LogP contribution in [0.25, 0.3) is 0 Å². The minimum absolute atomic E-state index is 0.188. The highest BCUT2D eigenvalue weighted by Crippen LogP contribution is 2.33. The predicted molar refractivity (Wildman–Crippen MR) is 132 cm³/mol. The monoisotopic (exact) mass is 455 g/mol. The van der Waals surface area contributed by atoms with Gasteiger partial charge in [0.2, 0.25) is 15.1 Å². The zero-order chi connectivity index (χ0) is 22.6. The standard InChI is InChI=1S/C24H41NO3S2/c1-6-7-8-9-10-11-12-13-17-29-23(26)18-30(27,28)25-24-21(19(2)3)15-14-16-22(24)20(4)5/h14-16,19-20,25H,6-13,17-18H2,1-5H3. The Morgan fingerprint density at radius 2 is 1.40 bits per heavy atom. The molecule has 0 bridgehead atoms. The van der Waals surface area contributed by atoms with Gasteiger partial charge >= 0.3 is 0 Å². The molecule has 0 fully saturated rings. The van der Waals surface area contributed by atoms with Crippen LogP contribution in [0.2, 0.25) is 0 Å². The normalized spacial score (nSPS) is 12.0. The lowest BCUT2D eigenvalue weighted by atomic mass is 9.93. The van der Waals surface area contributed by atoms with Crippen molar-refractivity contribution in [1.29, 1.82) is 0 Å². The molecule has 0 unspecified atom stereocenters. The fraction of sp³-hybridized carbons (Fsp3) is 0.708. The average Bonchev–Trinajstić information content (AvgIpc) is 2.65. The van der Waals surface area contributed by atoms with Crippen LogP contribution in [0.4, 0.5) is 5.69 Å². The highest BCUT2D eigenvalue weighted by Gasteiger charge is 2.22. The molecule has 1 rings (SSSR count). The van der Waals surface area contributed by atoms with E-state index in [1.807, 2.05) is 45.9 Å². The Balaban J connectivity index is 2.52. The third-order valence-electron chi connectivity index (χ3n) is 5.20. The Hall–Kier alpha value is -1.01. The van der Waals surface area contributed by atoms with E-state index in [4.69, 9.17) is 0 Å². The zero-order valence-corrected chi connectivity index (χ0v) is 21.1. The van der Waals surface area contributed by atoms with Gasteiger partial charge in [-0.3, -0.25) is 9.52 Å². The van der Waals surface area contributed by atoms with E-state index in [9.17, 15) is 13.2 Å². The van der Waals surface area contributed by atoms with Crippen molar-refractivity contribution in [2.24, 2.45) is 0 Å². The summed E-state index contributed by atoms with van der Waals surface area (Å²) in [5, 5.41) is -0.279. The molecule has 0 aliphatic heterocycles. The molecule has 0 aliphatic rings. The van der Waals surface area contributed by atoms with Crippen molar-refractivity contribution in [1.82, 2.24) is 0 Å². The second-order valence-corrected chi connectivity index (χ2v) is 11.6. The molecule has 0 atom stereocenters. The van der Waals surface area contributed by atoms with E-state index < -0.39 is 15.8 Å². The fourth-order valence-electron chi connectivity index (χ4n) is 3.48. The van der Waals surface area contributed by atoms with Gasteiger partial charge in [0, 0.05) is 5.75 Å². The minimum atomic E-state index is -3.73. The number of thioether (sulfide) groups is 1. The van der Waals surface area contributed by atoms with Gasteiger partial charge in [-0.1, -0.05) is 110 Å². The topological polar surface area (TPSA) is 63.2 Å². The first kappa shape index (κ1) is 27.0. The van der Waals surface area contributed by atoms with Crippen LogP contribution in [-0.2, 0) is 14.8 Å². The Morgan fingerprint density at radius 1 is 0.900 bits per heavy atom. The SMILES string of the molecule is CCCCCCCCCCSC(=O)CS(=O)(=O)Nc1c(C(C)C)cccc1C(C)C. The number of unbranched alkanes of at least 4 members (excludes halogenated alkanes) is 7. The van der Waals surface area contributed by atoms with Crippen molar-refractivity contribution in [3.05, 3.63) is 29.3 Å². The maximum absolute atomic E-state index is 12.7. The van der Waals surface area contributed by atoms with Crippen molar-refractivity contribution in [3.63, 3.8) is 0 Å². The van der Waals surface area contributed by atoms with E-state index in [0.717, 1.165) is 35.7 Å². The van der Waals surface area contributed by atoms with Crippen LogP contribution >= 0.6 is 11.8 Å². The first-order valence-corrected chi connectivity index (χ1v) is 14.1. The maximum atomic E-state index is 12.7. The average molecular weight is 456 g/mol. The quantitative estimate of drug-likeness (QED) is 0.287. The summed E-state index contributed by atoms with van der Waals surface area (Å²) < 4.78 is 28.1. The van der Waals surface area contributed by atoms with Gasteiger partial charge in [-0.15, -0.1) is 0 Å². The number of rotatable bonds is 15. The molecule has 1 aromatic rings. The molecule has 0 heterocycles. The third-order valence-corrected chi connectivity index (χ3v) is 7.50. The number of anilines is 1. The van der Waals surface area contributed by atoms with E-state index >= 15 is 0 Å². The van der Waals surface area contributed by atoms with Crippen LogP contribution in [0, 0.1) is 0 Å². The van der Waals surface area contributed by atoms with Crippen LogP contribution < -0.4 is 4.72 Å². The number of hydrogen-bond donors (Lipinski definition) is 1. The Morgan fingerprint density at radius 3 is 1.90 bits per heavy atom. The molecular weight excluding hydrogens is 414 g/mol. The summed E-state index contributed by atoms with van der Waals surface area (Å²) in [5.41, 5.74) is 2.57. The molecule has 0 amide bonds. The van der Waals surface area contributed by atoms with Gasteiger partial charge in [-0.05, 0) is 29.4 Å². The summed E-state index contributed by atoms with van der Waals surface area (Å²) in [6.07, 6.45) is 9.70. The summed E-state index contributed by atoms with van der Waals surface area (Å²) in [6.45, 7) is 10.4. The summed E-state index contributed by atoms with van der Waals surface area (Å²) in [7, 11) is -3.73. The molecular formula is C24H41NO3S2. The molecule has 0 saturated carbocycles. The van der Waals surface area contributed by atoms with Crippen LogP contribution in [0.3, 0.4) is 0 Å². The smallest absolute Gasteiger partial charge is 0.240 e. The summed E-state index contributed by atoms with van der Waals surface area (Å²) in [5.74, 6) is 0.601. The lowest BCUT2D eigenvalue weighted by Gasteiger charge is -2.20. The van der Waals surface area contributed by atoms with Gasteiger partial charge in [0.05, 0.1) is 5.69 Å². The summed E-state index contributed by atoms with van der Waals surface area (Å²) >= 11 is 1.15. The molecule has 172 valence electrons. The van der Waals surface area contributed by atoms with Gasteiger partial charge < -0.3 is 0 Å². The number of hydrogen-bond acceptors (Lipinski definition) is 4. The van der Waals surface area contributed by atoms with Gasteiger partial charge in [0.1, 0.15) is 5.75 Å². The van der Waals surface area contributed by atoms with Gasteiger partial charge in [0.15, 0.2) is 0 Å². The van der Waals surface area contributed by atoms with Crippen LogP contribution in [0.1, 0.15) is 109 Å². The van der Waals surface area contributed by atoms with Gasteiger partial charge in [-0.2, -0.15) is 0 Å². The number of sulfonamides is 1. The molecule has 30 heavy (non-hydrogen) atoms. The fourth-order valence-corrected chi connectivity index (χ4v) is 5.78. The molecule has 0 saturated heterocycles. The first-order chi connectivity index (χ1) is 14.2. The van der Waals surface area contributed by atoms with Gasteiger partial charge in [-0.25, -0.2) is 8.42 Å². The van der Waals surface area contributed by atoms with Crippen molar-refractivity contribution in [2.75, 3.05) is 16.2 Å². The number of carbonyl (C=O) groups is 1. The number of para-hydroxylation sites is 1. The summed E-state index contributed by atoms with van der Waals surface area (Å²) in [4.78, 5) is 12.2. The van der Waals surface area contributed by atoms with Crippen molar-refractivity contribution in [2.45, 2.75) is 97.8 Å².